The maximum absolute atomic E-state index is 11.0. The summed E-state index contributed by atoms with van der Waals surface area (Å²) in [6.45, 7) is 3.28. The third-order valence-electron chi connectivity index (χ3n) is 3.71. The summed E-state index contributed by atoms with van der Waals surface area (Å²) in [4.78, 5) is 10.4. The predicted molar refractivity (Wildman–Crippen MR) is 91.3 cm³/mol. The number of rotatable bonds is 6. The molecule has 2 rings (SSSR count). The lowest BCUT2D eigenvalue weighted by Gasteiger charge is -2.15. The van der Waals surface area contributed by atoms with Gasteiger partial charge in [0.2, 0.25) is 0 Å². The number of phenols is 1. The van der Waals surface area contributed by atoms with E-state index in [0.717, 1.165) is 0 Å². The van der Waals surface area contributed by atoms with Crippen LogP contribution < -0.4 is 0 Å². The molecule has 0 aliphatic rings. The molecule has 0 amide bonds. The third kappa shape index (κ3) is 4.17. The van der Waals surface area contributed by atoms with Gasteiger partial charge in [0.15, 0.2) is 5.69 Å². The topological polar surface area (TPSA) is 129 Å². The molecule has 8 nitrogen and oxygen atoms in total. The number of azo groups is 1. The Morgan fingerprint density at radius 2 is 1.80 bits per heavy atom. The van der Waals surface area contributed by atoms with E-state index in [1.165, 1.54) is 37.3 Å². The molecule has 0 radical (unpaired) electrons. The van der Waals surface area contributed by atoms with Gasteiger partial charge >= 0.3 is 0 Å². The van der Waals surface area contributed by atoms with E-state index < -0.39 is 17.1 Å². The average molecular weight is 345 g/mol. The zero-order valence-corrected chi connectivity index (χ0v) is 13.8. The molecule has 0 fully saturated rings. The minimum atomic E-state index is -0.932. The summed E-state index contributed by atoms with van der Waals surface area (Å²) >= 11 is 0. The number of aliphatic hydroxyl groups is 2. The van der Waals surface area contributed by atoms with Crippen molar-refractivity contribution < 1.29 is 20.2 Å². The number of nitro benzene ring substituents is 1. The van der Waals surface area contributed by atoms with E-state index in [2.05, 4.69) is 10.2 Å². The van der Waals surface area contributed by atoms with Crippen LogP contribution in [-0.4, -0.2) is 20.2 Å². The Kier molecular flexibility index (Phi) is 5.79. The van der Waals surface area contributed by atoms with Crippen molar-refractivity contribution >= 4 is 17.1 Å². The highest BCUT2D eigenvalue weighted by Gasteiger charge is 2.18. The minimum Gasteiger partial charge on any atom is -0.505 e. The number of benzene rings is 2. The maximum Gasteiger partial charge on any atom is 0.296 e. The van der Waals surface area contributed by atoms with E-state index in [9.17, 15) is 25.4 Å². The smallest absolute Gasteiger partial charge is 0.296 e. The van der Waals surface area contributed by atoms with Crippen LogP contribution in [0.2, 0.25) is 0 Å². The number of aliphatic hydroxyl groups excluding tert-OH is 2. The minimum absolute atomic E-state index is 0.0130. The summed E-state index contributed by atoms with van der Waals surface area (Å²) in [5.41, 5.74) is 0.492. The third-order valence-corrected chi connectivity index (χ3v) is 3.71. The number of phenolic OH excluding ortho intramolecular Hbond substituents is 1. The number of nitrogens with zero attached hydrogens (tertiary/aromatic N) is 3. The first-order valence-electron chi connectivity index (χ1n) is 7.73. The molecule has 0 saturated carbocycles. The maximum atomic E-state index is 11.0. The lowest BCUT2D eigenvalue weighted by Crippen LogP contribution is -1.99. The molecule has 0 saturated heterocycles. The van der Waals surface area contributed by atoms with Gasteiger partial charge in [-0.25, -0.2) is 0 Å². The largest absolute Gasteiger partial charge is 0.505 e. The van der Waals surface area contributed by atoms with Gasteiger partial charge in [-0.1, -0.05) is 19.1 Å². The van der Waals surface area contributed by atoms with Crippen LogP contribution in [0.15, 0.2) is 46.6 Å². The van der Waals surface area contributed by atoms with Crippen molar-refractivity contribution in [2.45, 2.75) is 32.5 Å². The van der Waals surface area contributed by atoms with Crippen LogP contribution in [0.25, 0.3) is 0 Å². The van der Waals surface area contributed by atoms with E-state index >= 15 is 0 Å². The molecule has 0 heterocycles. The Morgan fingerprint density at radius 3 is 2.40 bits per heavy atom. The number of hydrogen-bond acceptors (Lipinski definition) is 7. The summed E-state index contributed by atoms with van der Waals surface area (Å²) in [5.74, 6) is -0.277. The molecule has 3 N–H and O–H groups in total. The molecule has 0 aromatic heterocycles. The van der Waals surface area contributed by atoms with Crippen molar-refractivity contribution in [3.8, 4) is 5.75 Å². The van der Waals surface area contributed by atoms with Crippen molar-refractivity contribution in [3.05, 3.63) is 57.6 Å². The molecule has 0 aliphatic carbocycles. The first kappa shape index (κ1) is 18.5. The van der Waals surface area contributed by atoms with E-state index in [1.807, 2.05) is 0 Å². The van der Waals surface area contributed by atoms with Gasteiger partial charge in [-0.3, -0.25) is 10.1 Å². The van der Waals surface area contributed by atoms with Gasteiger partial charge in [0, 0.05) is 11.6 Å². The molecule has 2 unspecified atom stereocenters. The molecule has 2 aromatic carbocycles. The fourth-order valence-electron chi connectivity index (χ4n) is 2.27. The zero-order valence-electron chi connectivity index (χ0n) is 13.8. The molecule has 2 aromatic rings. The Balaban J connectivity index is 2.52. The highest BCUT2D eigenvalue weighted by atomic mass is 16.6. The van der Waals surface area contributed by atoms with Crippen LogP contribution in [0, 0.1) is 10.1 Å². The standard InChI is InChI=1S/C17H19N3O5/c1-3-16(22)12-8-11(10(2)21)9-14(17(12)23)19-18-13-6-4-5-7-15(13)20(24)25/h4-10,16,21-23H,3H2,1-2H3. The highest BCUT2D eigenvalue weighted by molar-refractivity contribution is 5.60. The van der Waals surface area contributed by atoms with E-state index in [1.54, 1.807) is 13.0 Å². The monoisotopic (exact) mass is 345 g/mol. The predicted octanol–water partition coefficient (Wildman–Crippen LogP) is 4.21. The van der Waals surface area contributed by atoms with Crippen LogP contribution in [0.5, 0.6) is 5.75 Å². The Hall–Kier alpha value is -2.84. The summed E-state index contributed by atoms with van der Waals surface area (Å²) in [7, 11) is 0. The van der Waals surface area contributed by atoms with E-state index in [4.69, 9.17) is 0 Å². The van der Waals surface area contributed by atoms with Crippen LogP contribution in [0.1, 0.15) is 43.6 Å². The molecule has 0 spiro atoms. The molecule has 8 heteroatoms. The van der Waals surface area contributed by atoms with Crippen LogP contribution >= 0.6 is 0 Å². The van der Waals surface area contributed by atoms with E-state index in [-0.39, 0.29) is 28.4 Å². The van der Waals surface area contributed by atoms with Crippen LogP contribution in [0.3, 0.4) is 0 Å². The molecular formula is C17H19N3O5. The number of nitro groups is 1. The number of aromatic hydroxyl groups is 1. The Bertz CT molecular complexity index is 805. The quantitative estimate of drug-likeness (QED) is 0.410. The molecule has 2 atom stereocenters. The molecule has 132 valence electrons. The molecule has 0 aliphatic heterocycles. The molecule has 0 bridgehead atoms. The second-order valence-electron chi connectivity index (χ2n) is 5.52. The lowest BCUT2D eigenvalue weighted by atomic mass is 9.99. The second kappa shape index (κ2) is 7.82. The summed E-state index contributed by atoms with van der Waals surface area (Å²) in [5, 5.41) is 48.9. The van der Waals surface area contributed by atoms with Gasteiger partial charge < -0.3 is 15.3 Å². The van der Waals surface area contributed by atoms with Crippen molar-refractivity contribution in [2.24, 2.45) is 10.2 Å². The van der Waals surface area contributed by atoms with Gasteiger partial charge in [0.25, 0.3) is 5.69 Å². The van der Waals surface area contributed by atoms with Crippen molar-refractivity contribution in [1.29, 1.82) is 0 Å². The first-order chi connectivity index (χ1) is 11.8. The SMILES string of the molecule is CCC(O)c1cc(C(C)O)cc(N=Nc2ccccc2[N+](=O)[O-])c1O. The van der Waals surface area contributed by atoms with Gasteiger partial charge in [-0.05, 0) is 37.1 Å². The van der Waals surface area contributed by atoms with Crippen molar-refractivity contribution in [1.82, 2.24) is 0 Å². The average Bonchev–Trinajstić information content (AvgIpc) is 2.60. The normalized spacial score (nSPS) is 13.8. The summed E-state index contributed by atoms with van der Waals surface area (Å²) in [6, 6.07) is 8.74. The Morgan fingerprint density at radius 1 is 1.16 bits per heavy atom. The van der Waals surface area contributed by atoms with Crippen molar-refractivity contribution in [2.75, 3.05) is 0 Å². The lowest BCUT2D eigenvalue weighted by molar-refractivity contribution is -0.384. The van der Waals surface area contributed by atoms with Crippen LogP contribution in [-0.2, 0) is 0 Å². The molecule has 25 heavy (non-hydrogen) atoms. The fraction of sp³-hybridized carbons (Fsp3) is 0.294. The molecular weight excluding hydrogens is 326 g/mol. The second-order valence-corrected chi connectivity index (χ2v) is 5.52. The van der Waals surface area contributed by atoms with Crippen LogP contribution in [0.4, 0.5) is 17.1 Å². The number of hydrogen-bond donors (Lipinski definition) is 3. The van der Waals surface area contributed by atoms with Gasteiger partial charge in [-0.15, -0.1) is 10.2 Å². The van der Waals surface area contributed by atoms with Gasteiger partial charge in [-0.2, -0.15) is 0 Å². The zero-order chi connectivity index (χ0) is 18.6. The Labute approximate surface area is 144 Å². The summed E-state index contributed by atoms with van der Waals surface area (Å²) in [6.07, 6.45) is -1.42. The van der Waals surface area contributed by atoms with E-state index in [0.29, 0.717) is 12.0 Å². The van der Waals surface area contributed by atoms with Gasteiger partial charge in [0.05, 0.1) is 17.1 Å². The summed E-state index contributed by atoms with van der Waals surface area (Å²) < 4.78 is 0. The van der Waals surface area contributed by atoms with Gasteiger partial charge in [0.1, 0.15) is 11.4 Å². The fourth-order valence-corrected chi connectivity index (χ4v) is 2.27. The van der Waals surface area contributed by atoms with Crippen molar-refractivity contribution in [3.63, 3.8) is 0 Å². The first-order valence-corrected chi connectivity index (χ1v) is 7.73. The number of para-hydroxylation sites is 1. The highest BCUT2D eigenvalue weighted by Crippen LogP contribution is 2.39.